The molecule has 3 heterocycles. The number of hydrogen-bond donors (Lipinski definition) is 2. The maximum absolute atomic E-state index is 12.9. The van der Waals surface area contributed by atoms with E-state index in [2.05, 4.69) is 20.8 Å². The highest BCUT2D eigenvalue weighted by atomic mass is 32.2. The number of rotatable bonds is 8. The van der Waals surface area contributed by atoms with E-state index in [0.29, 0.717) is 16.5 Å². The quantitative estimate of drug-likeness (QED) is 0.260. The second-order valence-electron chi connectivity index (χ2n) is 6.18. The Morgan fingerprint density at radius 2 is 2.24 bits per heavy atom. The summed E-state index contributed by atoms with van der Waals surface area (Å²) in [6.07, 6.45) is 1.37. The lowest BCUT2D eigenvalue weighted by Crippen LogP contribution is -2.80. The van der Waals surface area contributed by atoms with E-state index in [0.717, 1.165) is 4.90 Å². The standard InChI is InChI=1S/C14H18N6O6S3/c1-19-13(16-17-18-19)28-5-7-4-27-12-14(26-2,15-8(21)6-29(3)25)11(24)20(12)9(7)10(22)23/h12H,4-6H2,1-3H3,(H,15,21)(H,22,23)/t12-,14+,29?/m1/s1. The van der Waals surface area contributed by atoms with Gasteiger partial charge in [0.05, 0.1) is 0 Å². The summed E-state index contributed by atoms with van der Waals surface area (Å²) < 4.78 is 18.1. The Morgan fingerprint density at radius 1 is 1.52 bits per heavy atom. The highest BCUT2D eigenvalue weighted by Crippen LogP contribution is 2.47. The molecule has 0 bridgehead atoms. The lowest BCUT2D eigenvalue weighted by molar-refractivity contribution is -0.192. The number of aromatic nitrogens is 4. The largest absolute Gasteiger partial charge is 0.477 e. The van der Waals surface area contributed by atoms with Crippen molar-refractivity contribution < 1.29 is 28.4 Å². The monoisotopic (exact) mass is 462 g/mol. The summed E-state index contributed by atoms with van der Waals surface area (Å²) in [4.78, 5) is 38.0. The number of tetrazole rings is 1. The van der Waals surface area contributed by atoms with E-state index in [9.17, 15) is 23.7 Å². The molecule has 0 aromatic carbocycles. The number of nitrogens with one attached hydrogen (secondary N) is 1. The smallest absolute Gasteiger partial charge is 0.352 e. The molecular formula is C14H18N6O6S3. The lowest BCUT2D eigenvalue weighted by Gasteiger charge is -2.55. The number of fused-ring (bicyclic) bond motifs is 1. The Morgan fingerprint density at radius 3 is 2.79 bits per heavy atom. The van der Waals surface area contributed by atoms with Gasteiger partial charge in [0, 0.05) is 42.7 Å². The Labute approximate surface area is 176 Å². The van der Waals surface area contributed by atoms with Crippen LogP contribution < -0.4 is 5.32 Å². The summed E-state index contributed by atoms with van der Waals surface area (Å²) in [5.41, 5.74) is -1.29. The summed E-state index contributed by atoms with van der Waals surface area (Å²) in [5, 5.41) is 23.1. The molecular weight excluding hydrogens is 444 g/mol. The number of aliphatic carboxylic acids is 1. The van der Waals surface area contributed by atoms with Crippen molar-refractivity contribution in [2.75, 3.05) is 30.6 Å². The zero-order valence-electron chi connectivity index (χ0n) is 15.6. The van der Waals surface area contributed by atoms with Crippen molar-refractivity contribution in [2.45, 2.75) is 16.3 Å². The minimum atomic E-state index is -1.69. The van der Waals surface area contributed by atoms with E-state index >= 15 is 0 Å². The fourth-order valence-electron chi connectivity index (χ4n) is 2.98. The number of nitrogens with zero attached hydrogens (tertiary/aromatic N) is 5. The van der Waals surface area contributed by atoms with Crippen molar-refractivity contribution in [1.29, 1.82) is 0 Å². The van der Waals surface area contributed by atoms with Gasteiger partial charge in [-0.25, -0.2) is 9.48 Å². The van der Waals surface area contributed by atoms with E-state index in [1.165, 1.54) is 41.6 Å². The number of hydrogen-bond acceptors (Lipinski definition) is 10. The van der Waals surface area contributed by atoms with Crippen LogP contribution >= 0.6 is 23.5 Å². The summed E-state index contributed by atoms with van der Waals surface area (Å²) in [5.74, 6) is -2.24. The first kappa shape index (κ1) is 21.7. The molecule has 2 aliphatic rings. The number of ether oxygens (including phenoxy) is 1. The number of methoxy groups -OCH3 is 1. The minimum Gasteiger partial charge on any atom is -0.477 e. The molecule has 1 fully saturated rings. The first-order valence-corrected chi connectivity index (χ1v) is 11.9. The van der Waals surface area contributed by atoms with Crippen LogP contribution in [0.1, 0.15) is 0 Å². The molecule has 3 atom stereocenters. The molecule has 0 saturated carbocycles. The Balaban J connectivity index is 1.83. The molecule has 1 aromatic rings. The summed E-state index contributed by atoms with van der Waals surface area (Å²) in [6, 6.07) is 0. The Bertz CT molecular complexity index is 919. The number of thioether (sulfide) groups is 2. The van der Waals surface area contributed by atoms with Crippen LogP contribution in [-0.4, -0.2) is 93.9 Å². The van der Waals surface area contributed by atoms with Crippen LogP contribution in [0.25, 0.3) is 0 Å². The molecule has 0 aliphatic carbocycles. The highest BCUT2D eigenvalue weighted by Gasteiger charge is 2.66. The third-order valence-corrected chi connectivity index (χ3v) is 7.39. The number of β-lactam (4-membered cyclic amide) rings is 1. The van der Waals surface area contributed by atoms with Gasteiger partial charge in [0.2, 0.25) is 11.1 Å². The highest BCUT2D eigenvalue weighted by molar-refractivity contribution is 8.01. The van der Waals surface area contributed by atoms with Crippen LogP contribution in [0.2, 0.25) is 0 Å². The molecule has 29 heavy (non-hydrogen) atoms. The topological polar surface area (TPSA) is 157 Å². The van der Waals surface area contributed by atoms with Gasteiger partial charge in [-0.1, -0.05) is 11.8 Å². The number of aryl methyl sites for hydroxylation is 1. The van der Waals surface area contributed by atoms with Crippen molar-refractivity contribution in [2.24, 2.45) is 7.05 Å². The van der Waals surface area contributed by atoms with Gasteiger partial charge in [0.25, 0.3) is 11.6 Å². The van der Waals surface area contributed by atoms with Crippen molar-refractivity contribution in [1.82, 2.24) is 30.4 Å². The molecule has 2 amide bonds. The summed E-state index contributed by atoms with van der Waals surface area (Å²) in [7, 11) is 1.53. The van der Waals surface area contributed by atoms with E-state index in [4.69, 9.17) is 4.74 Å². The summed E-state index contributed by atoms with van der Waals surface area (Å²) >= 11 is 2.53. The average molecular weight is 463 g/mol. The third kappa shape index (κ3) is 3.91. The van der Waals surface area contributed by atoms with Crippen molar-refractivity contribution in [3.05, 3.63) is 11.3 Å². The van der Waals surface area contributed by atoms with E-state index < -0.39 is 39.7 Å². The van der Waals surface area contributed by atoms with Crippen LogP contribution in [0.15, 0.2) is 16.4 Å². The van der Waals surface area contributed by atoms with Gasteiger partial charge in [-0.15, -0.1) is 16.9 Å². The van der Waals surface area contributed by atoms with E-state index in [1.54, 1.807) is 7.05 Å². The Kier molecular flexibility index (Phi) is 6.30. The maximum Gasteiger partial charge on any atom is 0.352 e. The van der Waals surface area contributed by atoms with Crippen LogP contribution in [-0.2, 0) is 37.0 Å². The SMILES string of the molecule is CO[C@@]1(NC(=O)CS(C)=O)C(=O)N2C(C(=O)O)=C(CSc3nnnn3C)CS[C@@H]21. The zero-order valence-corrected chi connectivity index (χ0v) is 18.1. The normalized spacial score (nSPS) is 24.7. The Hall–Kier alpha value is -1.97. The second-order valence-corrected chi connectivity index (χ2v) is 9.62. The molecule has 0 spiro atoms. The van der Waals surface area contributed by atoms with E-state index in [1.807, 2.05) is 0 Å². The number of carbonyl (C=O) groups excluding carboxylic acids is 2. The predicted molar refractivity (Wildman–Crippen MR) is 104 cm³/mol. The average Bonchev–Trinajstić information content (AvgIpc) is 3.07. The van der Waals surface area contributed by atoms with E-state index in [-0.39, 0.29) is 17.2 Å². The molecule has 15 heteroatoms. The summed E-state index contributed by atoms with van der Waals surface area (Å²) in [6.45, 7) is 0. The number of carbonyl (C=O) groups is 3. The molecule has 2 N–H and O–H groups in total. The minimum absolute atomic E-state index is 0.137. The predicted octanol–water partition coefficient (Wildman–Crippen LogP) is -1.61. The van der Waals surface area contributed by atoms with Crippen LogP contribution in [0.3, 0.4) is 0 Å². The third-order valence-electron chi connectivity index (χ3n) is 4.25. The molecule has 0 radical (unpaired) electrons. The second kappa shape index (κ2) is 8.41. The molecule has 3 rings (SSSR count). The number of amides is 2. The first-order valence-electron chi connectivity index (χ1n) is 8.13. The van der Waals surface area contributed by atoms with Crippen LogP contribution in [0, 0.1) is 0 Å². The zero-order chi connectivity index (χ0) is 21.3. The van der Waals surface area contributed by atoms with Gasteiger partial charge >= 0.3 is 5.97 Å². The van der Waals surface area contributed by atoms with Crippen molar-refractivity contribution in [3.63, 3.8) is 0 Å². The van der Waals surface area contributed by atoms with Gasteiger partial charge in [-0.2, -0.15) is 0 Å². The molecule has 158 valence electrons. The van der Waals surface area contributed by atoms with Gasteiger partial charge in [0.1, 0.15) is 16.8 Å². The van der Waals surface area contributed by atoms with Gasteiger partial charge < -0.3 is 15.2 Å². The van der Waals surface area contributed by atoms with Crippen molar-refractivity contribution >= 4 is 52.1 Å². The lowest BCUT2D eigenvalue weighted by atomic mass is 9.98. The van der Waals surface area contributed by atoms with Crippen LogP contribution in [0.4, 0.5) is 0 Å². The molecule has 1 saturated heterocycles. The first-order chi connectivity index (χ1) is 13.7. The van der Waals surface area contributed by atoms with Gasteiger partial charge in [-0.3, -0.25) is 18.7 Å². The van der Waals surface area contributed by atoms with Gasteiger partial charge in [0.15, 0.2) is 0 Å². The molecule has 1 unspecified atom stereocenters. The molecule has 12 nitrogen and oxygen atoms in total. The maximum atomic E-state index is 12.9. The fourth-order valence-corrected chi connectivity index (χ4v) is 5.85. The molecule has 1 aromatic heterocycles. The molecule has 2 aliphatic heterocycles. The van der Waals surface area contributed by atoms with Crippen LogP contribution in [0.5, 0.6) is 0 Å². The van der Waals surface area contributed by atoms with Crippen molar-refractivity contribution in [3.8, 4) is 0 Å². The van der Waals surface area contributed by atoms with Gasteiger partial charge in [-0.05, 0) is 16.0 Å². The number of carboxylic acid groups (broad SMARTS) is 1. The number of carboxylic acids is 1. The fraction of sp³-hybridized carbons (Fsp3) is 0.571.